The van der Waals surface area contributed by atoms with Crippen molar-refractivity contribution < 1.29 is 4.57 Å². The second-order valence-corrected chi connectivity index (χ2v) is 10.3. The summed E-state index contributed by atoms with van der Waals surface area (Å²) in [5.74, 6) is 0. The van der Waals surface area contributed by atoms with Crippen LogP contribution in [0.1, 0.15) is 0 Å². The van der Waals surface area contributed by atoms with E-state index in [4.69, 9.17) is 0 Å². The highest BCUT2D eigenvalue weighted by Crippen LogP contribution is 2.46. The van der Waals surface area contributed by atoms with Crippen molar-refractivity contribution in [3.8, 4) is 0 Å². The molecule has 3 heteroatoms. The zero-order chi connectivity index (χ0) is 18.3. The highest BCUT2D eigenvalue weighted by Gasteiger charge is 2.32. The first-order valence-corrected chi connectivity index (χ1v) is 11.4. The molecule has 1 nitrogen and oxygen atoms in total. The van der Waals surface area contributed by atoms with Gasteiger partial charge in [0.2, 0.25) is 0 Å². The average molecular weight is 384 g/mol. The molecule has 0 bridgehead atoms. The lowest BCUT2D eigenvalue weighted by Gasteiger charge is -2.21. The van der Waals surface area contributed by atoms with Crippen LogP contribution in [0.15, 0.2) is 103 Å². The van der Waals surface area contributed by atoms with E-state index in [1.165, 1.54) is 14.8 Å². The first kappa shape index (κ1) is 16.5. The molecule has 0 aliphatic rings. The zero-order valence-electron chi connectivity index (χ0n) is 14.6. The first-order valence-electron chi connectivity index (χ1n) is 8.90. The third-order valence-corrected chi connectivity index (χ3v) is 9.20. The summed E-state index contributed by atoms with van der Waals surface area (Å²) in [6.45, 7) is 0. The van der Waals surface area contributed by atoms with Gasteiger partial charge in [0.25, 0.3) is 0 Å². The third kappa shape index (κ3) is 2.56. The van der Waals surface area contributed by atoms with Gasteiger partial charge < -0.3 is 4.57 Å². The average Bonchev–Trinajstić information content (AvgIpc) is 3.13. The van der Waals surface area contributed by atoms with E-state index in [-0.39, 0.29) is 0 Å². The fourth-order valence-corrected chi connectivity index (χ4v) is 7.82. The van der Waals surface area contributed by atoms with E-state index in [1.807, 2.05) is 72.8 Å². The molecule has 4 aromatic carbocycles. The van der Waals surface area contributed by atoms with Gasteiger partial charge in [0.1, 0.15) is 0 Å². The van der Waals surface area contributed by atoms with Crippen LogP contribution in [0.5, 0.6) is 0 Å². The van der Waals surface area contributed by atoms with Crippen LogP contribution in [0, 0.1) is 0 Å². The lowest BCUT2D eigenvalue weighted by molar-refractivity contribution is 0.592. The van der Waals surface area contributed by atoms with Crippen molar-refractivity contribution in [3.05, 3.63) is 103 Å². The van der Waals surface area contributed by atoms with Crippen LogP contribution in [-0.2, 0) is 4.57 Å². The van der Waals surface area contributed by atoms with Crippen molar-refractivity contribution in [1.29, 1.82) is 0 Å². The number of thiophene rings is 1. The van der Waals surface area contributed by atoms with Gasteiger partial charge in [-0.05, 0) is 12.1 Å². The molecule has 0 radical (unpaired) electrons. The van der Waals surface area contributed by atoms with Gasteiger partial charge in [-0.3, -0.25) is 0 Å². The van der Waals surface area contributed by atoms with E-state index in [0.29, 0.717) is 0 Å². The van der Waals surface area contributed by atoms with Crippen molar-refractivity contribution in [2.24, 2.45) is 0 Å². The maximum absolute atomic E-state index is 14.8. The second kappa shape index (κ2) is 6.49. The van der Waals surface area contributed by atoms with Crippen LogP contribution in [0.3, 0.4) is 0 Å². The topological polar surface area (TPSA) is 17.1 Å². The maximum Gasteiger partial charge on any atom is 0.171 e. The normalized spacial score (nSPS) is 11.9. The van der Waals surface area contributed by atoms with E-state index >= 15 is 0 Å². The van der Waals surface area contributed by atoms with E-state index < -0.39 is 7.14 Å². The van der Waals surface area contributed by atoms with Crippen LogP contribution in [-0.4, -0.2) is 0 Å². The Morgan fingerprint density at radius 2 is 1.11 bits per heavy atom. The quantitative estimate of drug-likeness (QED) is 0.365. The van der Waals surface area contributed by atoms with Gasteiger partial charge in [-0.1, -0.05) is 91.0 Å². The Balaban J connectivity index is 1.93. The molecule has 5 aromatic rings. The molecule has 0 amide bonds. The van der Waals surface area contributed by atoms with Crippen LogP contribution < -0.4 is 15.9 Å². The number of rotatable bonds is 3. The summed E-state index contributed by atoms with van der Waals surface area (Å²) in [6.07, 6.45) is 0. The van der Waals surface area contributed by atoms with Crippen molar-refractivity contribution in [2.45, 2.75) is 0 Å². The Morgan fingerprint density at radius 1 is 0.556 bits per heavy atom. The first-order chi connectivity index (χ1) is 13.3. The molecule has 0 saturated heterocycles. The molecule has 0 unspecified atom stereocenters. The SMILES string of the molecule is O=P(c1ccccc1)(c1ccccc1)c1cccc2sc3ccccc3c12. The molecule has 0 atom stereocenters. The lowest BCUT2D eigenvalue weighted by Crippen LogP contribution is -2.25. The summed E-state index contributed by atoms with van der Waals surface area (Å²) in [5, 5.41) is 4.97. The molecule has 0 spiro atoms. The van der Waals surface area contributed by atoms with Gasteiger partial charge in [0.15, 0.2) is 7.14 Å². The molecular weight excluding hydrogens is 367 g/mol. The van der Waals surface area contributed by atoms with E-state index in [1.54, 1.807) is 11.3 Å². The molecule has 0 N–H and O–H groups in total. The van der Waals surface area contributed by atoms with Gasteiger partial charge in [0, 0.05) is 36.1 Å². The van der Waals surface area contributed by atoms with Crippen molar-refractivity contribution in [3.63, 3.8) is 0 Å². The number of benzene rings is 4. The van der Waals surface area contributed by atoms with Crippen molar-refractivity contribution >= 4 is 54.6 Å². The molecule has 1 aromatic heterocycles. The van der Waals surface area contributed by atoms with Crippen LogP contribution in [0.25, 0.3) is 20.2 Å². The Hall–Kier alpha value is -2.67. The summed E-state index contributed by atoms with van der Waals surface area (Å²) < 4.78 is 17.2. The number of fused-ring (bicyclic) bond motifs is 3. The predicted molar refractivity (Wildman–Crippen MR) is 119 cm³/mol. The van der Waals surface area contributed by atoms with Gasteiger partial charge in [-0.15, -0.1) is 11.3 Å². The van der Waals surface area contributed by atoms with Crippen molar-refractivity contribution in [2.75, 3.05) is 0 Å². The van der Waals surface area contributed by atoms with Gasteiger partial charge in [-0.25, -0.2) is 0 Å². The van der Waals surface area contributed by atoms with Gasteiger partial charge >= 0.3 is 0 Å². The Kier molecular flexibility index (Phi) is 3.97. The maximum atomic E-state index is 14.8. The van der Waals surface area contributed by atoms with E-state index in [0.717, 1.165) is 21.3 Å². The molecule has 0 aliphatic heterocycles. The zero-order valence-corrected chi connectivity index (χ0v) is 16.3. The van der Waals surface area contributed by atoms with Crippen LogP contribution in [0.2, 0.25) is 0 Å². The highest BCUT2D eigenvalue weighted by molar-refractivity contribution is 7.85. The Labute approximate surface area is 162 Å². The molecule has 27 heavy (non-hydrogen) atoms. The third-order valence-electron chi connectivity index (χ3n) is 4.96. The molecule has 130 valence electrons. The molecular formula is C24H17OPS. The molecule has 5 rings (SSSR count). The molecule has 0 fully saturated rings. The van der Waals surface area contributed by atoms with Gasteiger partial charge in [0.05, 0.1) is 0 Å². The number of hydrogen-bond acceptors (Lipinski definition) is 2. The molecule has 1 heterocycles. The van der Waals surface area contributed by atoms with Crippen LogP contribution in [0.4, 0.5) is 0 Å². The Morgan fingerprint density at radius 3 is 1.78 bits per heavy atom. The minimum atomic E-state index is -2.99. The predicted octanol–water partition coefficient (Wildman–Crippen LogP) is 5.69. The fourth-order valence-electron chi connectivity index (χ4n) is 3.72. The Bertz CT molecular complexity index is 1250. The molecule has 0 saturated carbocycles. The largest absolute Gasteiger partial charge is 0.309 e. The van der Waals surface area contributed by atoms with E-state index in [9.17, 15) is 4.57 Å². The van der Waals surface area contributed by atoms with E-state index in [2.05, 4.69) is 30.3 Å². The minimum Gasteiger partial charge on any atom is -0.309 e. The van der Waals surface area contributed by atoms with Crippen molar-refractivity contribution in [1.82, 2.24) is 0 Å². The second-order valence-electron chi connectivity index (χ2n) is 6.53. The fraction of sp³-hybridized carbons (Fsp3) is 0. The van der Waals surface area contributed by atoms with Crippen LogP contribution >= 0.6 is 18.5 Å². The summed E-state index contributed by atoms with van der Waals surface area (Å²) in [7, 11) is -2.99. The minimum absolute atomic E-state index is 0.874. The summed E-state index contributed by atoms with van der Waals surface area (Å²) >= 11 is 1.76. The van der Waals surface area contributed by atoms with Gasteiger partial charge in [-0.2, -0.15) is 0 Å². The summed E-state index contributed by atoms with van der Waals surface area (Å²) in [6, 6.07) is 34.4. The summed E-state index contributed by atoms with van der Waals surface area (Å²) in [5.41, 5.74) is 0. The monoisotopic (exact) mass is 384 g/mol. The molecule has 0 aliphatic carbocycles. The highest BCUT2D eigenvalue weighted by atomic mass is 32.1. The standard InChI is InChI=1S/C24H17OPS/c25-26(18-10-3-1-4-11-18,19-12-5-2-6-13-19)21-15-9-17-23-24(21)20-14-7-8-16-22(20)27-23/h1-17H. The lowest BCUT2D eigenvalue weighted by atomic mass is 10.1. The summed E-state index contributed by atoms with van der Waals surface area (Å²) in [4.78, 5) is 0. The smallest absolute Gasteiger partial charge is 0.171 e. The number of hydrogen-bond donors (Lipinski definition) is 0.